The largest absolute Gasteiger partial charge is 0.477 e. The smallest absolute Gasteiger partial charge is 0.156 e. The van der Waals surface area contributed by atoms with Crippen LogP contribution in [0.1, 0.15) is 29.2 Å². The molecule has 102 valence electrons. The van der Waals surface area contributed by atoms with Crippen LogP contribution < -0.4 is 4.74 Å². The van der Waals surface area contributed by atoms with Gasteiger partial charge in [-0.05, 0) is 51.0 Å². The highest BCUT2D eigenvalue weighted by Crippen LogP contribution is 2.25. The molecule has 0 unspecified atom stereocenters. The van der Waals surface area contributed by atoms with Gasteiger partial charge in [-0.2, -0.15) is 0 Å². The van der Waals surface area contributed by atoms with Gasteiger partial charge in [0.1, 0.15) is 5.75 Å². The number of hydrogen-bond donors (Lipinski definition) is 0. The van der Waals surface area contributed by atoms with Crippen molar-refractivity contribution in [3.8, 4) is 17.6 Å². The van der Waals surface area contributed by atoms with Crippen LogP contribution in [0.4, 0.5) is 0 Å². The average molecular weight is 264 g/mol. The Labute approximate surface area is 121 Å². The molecule has 0 saturated carbocycles. The van der Waals surface area contributed by atoms with E-state index in [2.05, 4.69) is 44.7 Å². The summed E-state index contributed by atoms with van der Waals surface area (Å²) in [5.74, 6) is 7.23. The van der Waals surface area contributed by atoms with E-state index in [9.17, 15) is 0 Å². The lowest BCUT2D eigenvalue weighted by Gasteiger charge is -2.15. The molecule has 0 aliphatic rings. The third-order valence-electron chi connectivity index (χ3n) is 3.09. The molecule has 0 amide bonds. The maximum Gasteiger partial charge on any atom is 0.156 e. The summed E-state index contributed by atoms with van der Waals surface area (Å²) in [6.07, 6.45) is -0.129. The van der Waals surface area contributed by atoms with Crippen LogP contribution in [-0.2, 0) is 0 Å². The van der Waals surface area contributed by atoms with Crippen molar-refractivity contribution in [3.05, 3.63) is 64.7 Å². The lowest BCUT2D eigenvalue weighted by molar-refractivity contribution is 0.275. The standard InChI is InChI=1S/C19H20O/c1-14-12-15(2)19(16(3)13-14)20-17(4)10-11-18-8-6-5-7-9-18/h5-9,12-13,17H,1-4H3/t17-/m1/s1. The summed E-state index contributed by atoms with van der Waals surface area (Å²) in [6.45, 7) is 8.23. The molecule has 0 saturated heterocycles. The summed E-state index contributed by atoms with van der Waals surface area (Å²) in [6, 6.07) is 14.3. The minimum absolute atomic E-state index is 0.129. The van der Waals surface area contributed by atoms with Gasteiger partial charge in [0.25, 0.3) is 0 Å². The van der Waals surface area contributed by atoms with Crippen molar-refractivity contribution in [1.29, 1.82) is 0 Å². The molecular formula is C19H20O. The number of rotatable bonds is 2. The third-order valence-corrected chi connectivity index (χ3v) is 3.09. The van der Waals surface area contributed by atoms with Gasteiger partial charge >= 0.3 is 0 Å². The van der Waals surface area contributed by atoms with Gasteiger partial charge in [0.2, 0.25) is 0 Å². The summed E-state index contributed by atoms with van der Waals surface area (Å²) in [5, 5.41) is 0. The number of aryl methyl sites for hydroxylation is 3. The van der Waals surface area contributed by atoms with E-state index in [4.69, 9.17) is 4.74 Å². The second-order valence-corrected chi connectivity index (χ2v) is 5.12. The molecule has 1 atom stereocenters. The van der Waals surface area contributed by atoms with Crippen LogP contribution >= 0.6 is 0 Å². The number of hydrogen-bond acceptors (Lipinski definition) is 1. The fourth-order valence-corrected chi connectivity index (χ4v) is 2.27. The molecule has 0 aliphatic carbocycles. The Kier molecular flexibility index (Phi) is 4.48. The Morgan fingerprint density at radius 2 is 1.55 bits per heavy atom. The van der Waals surface area contributed by atoms with E-state index in [-0.39, 0.29) is 6.10 Å². The van der Waals surface area contributed by atoms with Crippen molar-refractivity contribution >= 4 is 0 Å². The Morgan fingerprint density at radius 1 is 0.950 bits per heavy atom. The topological polar surface area (TPSA) is 9.23 Å². The maximum absolute atomic E-state index is 5.98. The number of ether oxygens (including phenoxy) is 1. The van der Waals surface area contributed by atoms with E-state index in [1.807, 2.05) is 37.3 Å². The fraction of sp³-hybridized carbons (Fsp3) is 0.263. The molecule has 0 spiro atoms. The Hall–Kier alpha value is -2.20. The molecule has 0 aliphatic heterocycles. The predicted molar refractivity (Wildman–Crippen MR) is 84.1 cm³/mol. The van der Waals surface area contributed by atoms with Crippen molar-refractivity contribution in [2.24, 2.45) is 0 Å². The third kappa shape index (κ3) is 3.65. The zero-order chi connectivity index (χ0) is 14.5. The summed E-state index contributed by atoms with van der Waals surface area (Å²) in [5.41, 5.74) is 4.60. The van der Waals surface area contributed by atoms with Crippen molar-refractivity contribution in [1.82, 2.24) is 0 Å². The lowest BCUT2D eigenvalue weighted by atomic mass is 10.1. The quantitative estimate of drug-likeness (QED) is 0.729. The molecular weight excluding hydrogens is 244 g/mol. The summed E-state index contributed by atoms with van der Waals surface area (Å²) in [7, 11) is 0. The first-order valence-corrected chi connectivity index (χ1v) is 6.87. The van der Waals surface area contributed by atoms with E-state index < -0.39 is 0 Å². The first-order chi connectivity index (χ1) is 9.56. The number of benzene rings is 2. The Morgan fingerprint density at radius 3 is 2.15 bits per heavy atom. The van der Waals surface area contributed by atoms with Gasteiger partial charge in [-0.15, -0.1) is 0 Å². The highest BCUT2D eigenvalue weighted by atomic mass is 16.5. The molecule has 20 heavy (non-hydrogen) atoms. The van der Waals surface area contributed by atoms with Gasteiger partial charge < -0.3 is 4.74 Å². The van der Waals surface area contributed by atoms with Crippen LogP contribution in [0, 0.1) is 32.6 Å². The van der Waals surface area contributed by atoms with Crippen LogP contribution in [0.3, 0.4) is 0 Å². The van der Waals surface area contributed by atoms with Gasteiger partial charge in [-0.3, -0.25) is 0 Å². The molecule has 1 heteroatoms. The van der Waals surface area contributed by atoms with Crippen molar-refractivity contribution in [3.63, 3.8) is 0 Å². The summed E-state index contributed by atoms with van der Waals surface area (Å²) >= 11 is 0. The van der Waals surface area contributed by atoms with Gasteiger partial charge in [-0.1, -0.05) is 47.7 Å². The van der Waals surface area contributed by atoms with Crippen molar-refractivity contribution in [2.75, 3.05) is 0 Å². The molecule has 0 heterocycles. The zero-order valence-electron chi connectivity index (χ0n) is 12.5. The molecule has 2 rings (SSSR count). The van der Waals surface area contributed by atoms with E-state index in [0.29, 0.717) is 0 Å². The molecule has 0 fully saturated rings. The second-order valence-electron chi connectivity index (χ2n) is 5.12. The summed E-state index contributed by atoms with van der Waals surface area (Å²) < 4.78 is 5.98. The first kappa shape index (κ1) is 14.2. The van der Waals surface area contributed by atoms with E-state index in [0.717, 1.165) is 22.4 Å². The SMILES string of the molecule is Cc1cc(C)c(O[C@H](C)C#Cc2ccccc2)c(C)c1. The predicted octanol–water partition coefficient (Wildman–Crippen LogP) is 4.43. The lowest BCUT2D eigenvalue weighted by Crippen LogP contribution is -2.10. The minimum atomic E-state index is -0.129. The van der Waals surface area contributed by atoms with Crippen LogP contribution in [0.5, 0.6) is 5.75 Å². The molecule has 2 aromatic rings. The normalized spacial score (nSPS) is 11.4. The fourth-order valence-electron chi connectivity index (χ4n) is 2.27. The van der Waals surface area contributed by atoms with Gasteiger partial charge in [-0.25, -0.2) is 0 Å². The molecule has 1 nitrogen and oxygen atoms in total. The van der Waals surface area contributed by atoms with Gasteiger partial charge in [0, 0.05) is 5.56 Å². The molecule has 0 N–H and O–H groups in total. The highest BCUT2D eigenvalue weighted by molar-refractivity contribution is 5.43. The van der Waals surface area contributed by atoms with Crippen molar-refractivity contribution in [2.45, 2.75) is 33.8 Å². The Bertz CT molecular complexity index is 621. The van der Waals surface area contributed by atoms with E-state index in [1.165, 1.54) is 5.56 Å². The molecule has 0 bridgehead atoms. The average Bonchev–Trinajstić information content (AvgIpc) is 2.42. The van der Waals surface area contributed by atoms with Crippen LogP contribution in [0.2, 0.25) is 0 Å². The van der Waals surface area contributed by atoms with Crippen LogP contribution in [0.25, 0.3) is 0 Å². The first-order valence-electron chi connectivity index (χ1n) is 6.87. The van der Waals surface area contributed by atoms with Crippen LogP contribution in [-0.4, -0.2) is 6.10 Å². The highest BCUT2D eigenvalue weighted by Gasteiger charge is 2.07. The minimum Gasteiger partial charge on any atom is -0.477 e. The van der Waals surface area contributed by atoms with Gasteiger partial charge in [0.15, 0.2) is 6.10 Å². The van der Waals surface area contributed by atoms with Gasteiger partial charge in [0.05, 0.1) is 0 Å². The van der Waals surface area contributed by atoms with E-state index >= 15 is 0 Å². The monoisotopic (exact) mass is 264 g/mol. The summed E-state index contributed by atoms with van der Waals surface area (Å²) in [4.78, 5) is 0. The molecule has 0 radical (unpaired) electrons. The second kappa shape index (κ2) is 6.30. The maximum atomic E-state index is 5.98. The Balaban J connectivity index is 2.13. The van der Waals surface area contributed by atoms with Crippen LogP contribution in [0.15, 0.2) is 42.5 Å². The van der Waals surface area contributed by atoms with E-state index in [1.54, 1.807) is 0 Å². The zero-order valence-corrected chi connectivity index (χ0v) is 12.5. The molecule has 2 aromatic carbocycles. The van der Waals surface area contributed by atoms with Crippen molar-refractivity contribution < 1.29 is 4.74 Å². The molecule has 0 aromatic heterocycles.